The molecule has 0 bridgehead atoms. The molecule has 1 amide bonds. The zero-order valence-corrected chi connectivity index (χ0v) is 13.6. The lowest BCUT2D eigenvalue weighted by Crippen LogP contribution is -2.40. The third kappa shape index (κ3) is 3.91. The molecule has 1 atom stereocenters. The quantitative estimate of drug-likeness (QED) is 0.917. The van der Waals surface area contributed by atoms with E-state index in [1.165, 1.54) is 0 Å². The van der Waals surface area contributed by atoms with Crippen LogP contribution >= 0.6 is 0 Å². The number of carboxylic acid groups (broad SMARTS) is 1. The molecule has 1 N–H and O–H groups in total. The van der Waals surface area contributed by atoms with E-state index in [1.54, 1.807) is 6.20 Å². The molecule has 0 aliphatic carbocycles. The van der Waals surface area contributed by atoms with Gasteiger partial charge in [0.15, 0.2) is 0 Å². The summed E-state index contributed by atoms with van der Waals surface area (Å²) < 4.78 is 0. The fourth-order valence-corrected chi connectivity index (χ4v) is 3.44. The first-order valence-corrected chi connectivity index (χ1v) is 8.45. The molecule has 24 heavy (non-hydrogen) atoms. The highest BCUT2D eigenvalue weighted by molar-refractivity contribution is 5.87. The minimum atomic E-state index is -0.764. The number of hydrogen-bond acceptors (Lipinski definition) is 3. The van der Waals surface area contributed by atoms with Crippen molar-refractivity contribution in [1.82, 2.24) is 9.88 Å². The summed E-state index contributed by atoms with van der Waals surface area (Å²) in [7, 11) is 0. The van der Waals surface area contributed by atoms with E-state index >= 15 is 0 Å². The minimum absolute atomic E-state index is 0.105. The molecule has 5 nitrogen and oxygen atoms in total. The molecule has 1 aromatic carbocycles. The van der Waals surface area contributed by atoms with Gasteiger partial charge in [-0.2, -0.15) is 0 Å². The number of carbonyl (C=O) groups excluding carboxylic acids is 1. The molecule has 1 aliphatic heterocycles. The molecule has 1 fully saturated rings. The normalized spacial score (nSPS) is 17.8. The SMILES string of the molecule is O=C(O)CCC1CCCN(C(=O)Cc2cccc3cccnc23)C1. The van der Waals surface area contributed by atoms with Crippen molar-refractivity contribution in [2.45, 2.75) is 32.1 Å². The van der Waals surface area contributed by atoms with Gasteiger partial charge in [0.1, 0.15) is 0 Å². The summed E-state index contributed by atoms with van der Waals surface area (Å²) in [6.07, 6.45) is 4.88. The van der Waals surface area contributed by atoms with Crippen LogP contribution < -0.4 is 0 Å². The van der Waals surface area contributed by atoms with Crippen molar-refractivity contribution in [2.75, 3.05) is 13.1 Å². The number of para-hydroxylation sites is 1. The second-order valence-electron chi connectivity index (χ2n) is 6.45. The maximum Gasteiger partial charge on any atom is 0.303 e. The van der Waals surface area contributed by atoms with Crippen LogP contribution in [0.1, 0.15) is 31.2 Å². The summed E-state index contributed by atoms with van der Waals surface area (Å²) in [5.74, 6) is -0.363. The minimum Gasteiger partial charge on any atom is -0.481 e. The third-order valence-corrected chi connectivity index (χ3v) is 4.70. The molecule has 0 radical (unpaired) electrons. The lowest BCUT2D eigenvalue weighted by molar-refractivity contribution is -0.137. The highest BCUT2D eigenvalue weighted by Crippen LogP contribution is 2.23. The molecule has 2 heterocycles. The lowest BCUT2D eigenvalue weighted by Gasteiger charge is -2.32. The van der Waals surface area contributed by atoms with E-state index in [4.69, 9.17) is 5.11 Å². The van der Waals surface area contributed by atoms with Gasteiger partial charge in [-0.1, -0.05) is 24.3 Å². The molecule has 1 unspecified atom stereocenters. The Hall–Kier alpha value is -2.43. The van der Waals surface area contributed by atoms with E-state index in [9.17, 15) is 9.59 Å². The number of rotatable bonds is 5. The van der Waals surface area contributed by atoms with Crippen molar-refractivity contribution in [2.24, 2.45) is 5.92 Å². The number of likely N-dealkylation sites (tertiary alicyclic amines) is 1. The maximum absolute atomic E-state index is 12.7. The van der Waals surface area contributed by atoms with Gasteiger partial charge in [-0.3, -0.25) is 14.6 Å². The van der Waals surface area contributed by atoms with Crippen molar-refractivity contribution in [3.05, 3.63) is 42.1 Å². The van der Waals surface area contributed by atoms with Crippen LogP contribution in [0.4, 0.5) is 0 Å². The molecule has 2 aromatic rings. The molecular weight excluding hydrogens is 304 g/mol. The van der Waals surface area contributed by atoms with Crippen molar-refractivity contribution >= 4 is 22.8 Å². The molecule has 1 aromatic heterocycles. The van der Waals surface area contributed by atoms with E-state index in [1.807, 2.05) is 35.2 Å². The van der Waals surface area contributed by atoms with Gasteiger partial charge in [0.2, 0.25) is 5.91 Å². The number of pyridine rings is 1. The summed E-state index contributed by atoms with van der Waals surface area (Å²) in [4.78, 5) is 29.7. The Morgan fingerprint density at radius 2 is 2.08 bits per heavy atom. The first-order chi connectivity index (χ1) is 11.6. The zero-order valence-electron chi connectivity index (χ0n) is 13.6. The third-order valence-electron chi connectivity index (χ3n) is 4.70. The number of aromatic nitrogens is 1. The Bertz CT molecular complexity index is 739. The van der Waals surface area contributed by atoms with Crippen LogP contribution in [0, 0.1) is 5.92 Å². The summed E-state index contributed by atoms with van der Waals surface area (Å²) in [5, 5.41) is 9.87. The Labute approximate surface area is 141 Å². The molecule has 1 aliphatic rings. The van der Waals surface area contributed by atoms with Crippen LogP contribution in [0.2, 0.25) is 0 Å². The molecule has 5 heteroatoms. The Balaban J connectivity index is 1.66. The molecule has 126 valence electrons. The Morgan fingerprint density at radius 3 is 2.92 bits per heavy atom. The smallest absolute Gasteiger partial charge is 0.303 e. The van der Waals surface area contributed by atoms with Crippen molar-refractivity contribution in [3.63, 3.8) is 0 Å². The average Bonchev–Trinajstić information content (AvgIpc) is 2.60. The van der Waals surface area contributed by atoms with Crippen molar-refractivity contribution < 1.29 is 14.7 Å². The van der Waals surface area contributed by atoms with Crippen LogP contribution in [0.15, 0.2) is 36.5 Å². The van der Waals surface area contributed by atoms with Crippen LogP contribution in [-0.2, 0) is 16.0 Å². The first kappa shape index (κ1) is 16.4. The maximum atomic E-state index is 12.7. The van der Waals surface area contributed by atoms with Crippen LogP contribution in [0.25, 0.3) is 10.9 Å². The molecular formula is C19H22N2O3. The summed E-state index contributed by atoms with van der Waals surface area (Å²) in [6, 6.07) is 9.81. The first-order valence-electron chi connectivity index (χ1n) is 8.45. The molecule has 3 rings (SSSR count). The highest BCUT2D eigenvalue weighted by atomic mass is 16.4. The second kappa shape index (κ2) is 7.43. The number of amides is 1. The summed E-state index contributed by atoms with van der Waals surface area (Å²) in [6.45, 7) is 1.44. The number of piperidine rings is 1. The monoisotopic (exact) mass is 326 g/mol. The second-order valence-corrected chi connectivity index (χ2v) is 6.45. The fourth-order valence-electron chi connectivity index (χ4n) is 3.44. The molecule has 0 spiro atoms. The largest absolute Gasteiger partial charge is 0.481 e. The van der Waals surface area contributed by atoms with Gasteiger partial charge < -0.3 is 10.0 Å². The zero-order chi connectivity index (χ0) is 16.9. The molecule has 1 saturated heterocycles. The van der Waals surface area contributed by atoms with E-state index in [2.05, 4.69) is 4.98 Å². The van der Waals surface area contributed by atoms with Crippen LogP contribution in [0.5, 0.6) is 0 Å². The van der Waals surface area contributed by atoms with E-state index in [0.717, 1.165) is 35.9 Å². The Kier molecular flexibility index (Phi) is 5.08. The van der Waals surface area contributed by atoms with Gasteiger partial charge in [0.05, 0.1) is 11.9 Å². The standard InChI is InChI=1S/C19H22N2O3/c22-17(21-11-3-4-14(13-21)8-9-18(23)24)12-16-6-1-5-15-7-2-10-20-19(15)16/h1-2,5-7,10,14H,3-4,8-9,11-13H2,(H,23,24). The number of aliphatic carboxylic acids is 1. The van der Waals surface area contributed by atoms with Gasteiger partial charge in [-0.25, -0.2) is 0 Å². The number of hydrogen-bond donors (Lipinski definition) is 1. The number of fused-ring (bicyclic) bond motifs is 1. The van der Waals surface area contributed by atoms with E-state index in [-0.39, 0.29) is 12.3 Å². The number of carbonyl (C=O) groups is 2. The van der Waals surface area contributed by atoms with Gasteiger partial charge in [0.25, 0.3) is 0 Å². The van der Waals surface area contributed by atoms with E-state index < -0.39 is 5.97 Å². The Morgan fingerprint density at radius 1 is 1.25 bits per heavy atom. The molecule has 0 saturated carbocycles. The van der Waals surface area contributed by atoms with Gasteiger partial charge in [-0.15, -0.1) is 0 Å². The average molecular weight is 326 g/mol. The number of carboxylic acids is 1. The number of benzene rings is 1. The fraction of sp³-hybridized carbons (Fsp3) is 0.421. The lowest BCUT2D eigenvalue weighted by atomic mass is 9.93. The van der Waals surface area contributed by atoms with Gasteiger partial charge in [-0.05, 0) is 36.8 Å². The van der Waals surface area contributed by atoms with Gasteiger partial charge >= 0.3 is 5.97 Å². The predicted octanol–water partition coefficient (Wildman–Crippen LogP) is 2.88. The summed E-state index contributed by atoms with van der Waals surface area (Å²) in [5.41, 5.74) is 1.83. The van der Waals surface area contributed by atoms with E-state index in [0.29, 0.717) is 25.3 Å². The van der Waals surface area contributed by atoms with Crippen LogP contribution in [0.3, 0.4) is 0 Å². The van der Waals surface area contributed by atoms with Crippen molar-refractivity contribution in [3.8, 4) is 0 Å². The van der Waals surface area contributed by atoms with Crippen LogP contribution in [-0.4, -0.2) is 40.0 Å². The predicted molar refractivity (Wildman–Crippen MR) is 91.6 cm³/mol. The summed E-state index contributed by atoms with van der Waals surface area (Å²) >= 11 is 0. The number of nitrogens with zero attached hydrogens (tertiary/aromatic N) is 2. The van der Waals surface area contributed by atoms with Gasteiger partial charge in [0, 0.05) is 31.1 Å². The highest BCUT2D eigenvalue weighted by Gasteiger charge is 2.24. The topological polar surface area (TPSA) is 70.5 Å². The van der Waals surface area contributed by atoms with Crippen molar-refractivity contribution in [1.29, 1.82) is 0 Å².